The van der Waals surface area contributed by atoms with Crippen LogP contribution in [0.1, 0.15) is 24.0 Å². The summed E-state index contributed by atoms with van der Waals surface area (Å²) in [6.45, 7) is 0.273. The van der Waals surface area contributed by atoms with Gasteiger partial charge in [0.25, 0.3) is 0 Å². The number of allylic oxidation sites excluding steroid dienone is 1. The van der Waals surface area contributed by atoms with Crippen LogP contribution in [0.2, 0.25) is 0 Å². The molecule has 0 unspecified atom stereocenters. The van der Waals surface area contributed by atoms with E-state index in [9.17, 15) is 22.8 Å². The number of carbonyl (C=O) groups is 2. The van der Waals surface area contributed by atoms with Gasteiger partial charge < -0.3 is 15.4 Å². The normalized spacial score (nSPS) is 17.3. The summed E-state index contributed by atoms with van der Waals surface area (Å²) in [7, 11) is 0. The number of carbonyl (C=O) groups excluding carboxylic acids is 2. The molecular formula is C21H17F3N2O3S. The number of nitrogens with one attached hydrogen (secondary N) is 2. The van der Waals surface area contributed by atoms with Gasteiger partial charge in [-0.15, -0.1) is 11.8 Å². The number of halogens is 3. The smallest absolute Gasteiger partial charge is 0.416 e. The molecule has 0 aliphatic carbocycles. The maximum Gasteiger partial charge on any atom is 0.416 e. The van der Waals surface area contributed by atoms with Crippen LogP contribution < -0.4 is 15.4 Å². The molecule has 0 aromatic heterocycles. The van der Waals surface area contributed by atoms with Gasteiger partial charge in [0, 0.05) is 22.2 Å². The number of fused-ring (bicyclic) bond motifs is 2. The zero-order valence-corrected chi connectivity index (χ0v) is 16.5. The molecule has 4 rings (SSSR count). The fraction of sp³-hybridized carbons (Fsp3) is 0.238. The van der Waals surface area contributed by atoms with Crippen molar-refractivity contribution >= 4 is 40.5 Å². The molecule has 2 amide bonds. The van der Waals surface area contributed by atoms with Gasteiger partial charge in [-0.3, -0.25) is 9.59 Å². The van der Waals surface area contributed by atoms with Crippen LogP contribution in [-0.4, -0.2) is 24.2 Å². The van der Waals surface area contributed by atoms with Crippen LogP contribution in [0.15, 0.2) is 47.4 Å². The standard InChI is InChI=1S/C21H17F3N2O3S/c22-21(23,24)13-3-5-15-12(2-1-7-29-17(15)9-13)8-19(27)25-14-4-6-18-16(10-14)26-20(28)11-30-18/h3-6,8-10H,1-2,7,11H2,(H,25,27)(H,26,28)/b12-8+. The third-order valence-corrected chi connectivity index (χ3v) is 5.76. The molecule has 2 aliphatic rings. The lowest BCUT2D eigenvalue weighted by atomic mass is 9.99. The third kappa shape index (κ3) is 4.46. The number of hydrogen-bond donors (Lipinski definition) is 2. The van der Waals surface area contributed by atoms with Crippen molar-refractivity contribution in [2.45, 2.75) is 23.9 Å². The molecule has 2 N–H and O–H groups in total. The first-order chi connectivity index (χ1) is 14.3. The van der Waals surface area contributed by atoms with Crippen molar-refractivity contribution in [3.05, 3.63) is 53.6 Å². The molecule has 9 heteroatoms. The Labute approximate surface area is 174 Å². The fourth-order valence-corrected chi connectivity index (χ4v) is 4.10. The molecule has 2 aromatic rings. The number of hydrogen-bond acceptors (Lipinski definition) is 4. The number of rotatable bonds is 2. The average Bonchev–Trinajstić information content (AvgIpc) is 2.88. The lowest BCUT2D eigenvalue weighted by molar-refractivity contribution is -0.137. The minimum atomic E-state index is -4.47. The third-order valence-electron chi connectivity index (χ3n) is 4.69. The van der Waals surface area contributed by atoms with E-state index >= 15 is 0 Å². The maximum absolute atomic E-state index is 13.0. The molecule has 30 heavy (non-hydrogen) atoms. The second kappa shape index (κ2) is 8.06. The lowest BCUT2D eigenvalue weighted by Gasteiger charge is -2.17. The summed E-state index contributed by atoms with van der Waals surface area (Å²) in [6.07, 6.45) is -2.00. The minimum Gasteiger partial charge on any atom is -0.493 e. The number of amides is 2. The van der Waals surface area contributed by atoms with Crippen molar-refractivity contribution in [1.29, 1.82) is 0 Å². The average molecular weight is 434 g/mol. The summed E-state index contributed by atoms with van der Waals surface area (Å²) in [5.74, 6) is -0.0451. The SMILES string of the molecule is O=C(/C=C1\CCCOc2cc(C(F)(F)F)ccc21)Nc1ccc2c(c1)NC(=O)CS2. The predicted molar refractivity (Wildman–Crippen MR) is 109 cm³/mol. The molecule has 5 nitrogen and oxygen atoms in total. The van der Waals surface area contributed by atoms with Gasteiger partial charge in [-0.1, -0.05) is 6.07 Å². The van der Waals surface area contributed by atoms with Crippen molar-refractivity contribution in [3.8, 4) is 5.75 Å². The molecule has 0 saturated heterocycles. The Bertz CT molecular complexity index is 1050. The zero-order valence-electron chi connectivity index (χ0n) is 15.6. The second-order valence-corrected chi connectivity index (χ2v) is 7.88. The minimum absolute atomic E-state index is 0.105. The van der Waals surface area contributed by atoms with Crippen LogP contribution >= 0.6 is 11.8 Å². The highest BCUT2D eigenvalue weighted by molar-refractivity contribution is 8.00. The summed E-state index contributed by atoms with van der Waals surface area (Å²) < 4.78 is 44.4. The van der Waals surface area contributed by atoms with E-state index in [-0.39, 0.29) is 18.3 Å². The summed E-state index contributed by atoms with van der Waals surface area (Å²) in [4.78, 5) is 25.0. The highest BCUT2D eigenvalue weighted by Crippen LogP contribution is 2.38. The van der Waals surface area contributed by atoms with Gasteiger partial charge in [0.15, 0.2) is 0 Å². The Balaban J connectivity index is 1.57. The van der Waals surface area contributed by atoms with E-state index in [1.54, 1.807) is 12.1 Å². The molecule has 0 fully saturated rings. The maximum atomic E-state index is 13.0. The highest BCUT2D eigenvalue weighted by Gasteiger charge is 2.32. The number of thioether (sulfide) groups is 1. The quantitative estimate of drug-likeness (QED) is 0.657. The van der Waals surface area contributed by atoms with Crippen molar-refractivity contribution in [2.24, 2.45) is 0 Å². The number of ether oxygens (including phenoxy) is 1. The van der Waals surface area contributed by atoms with Gasteiger partial charge in [0.1, 0.15) is 5.75 Å². The molecule has 0 spiro atoms. The summed E-state index contributed by atoms with van der Waals surface area (Å²) in [6, 6.07) is 8.53. The second-order valence-electron chi connectivity index (χ2n) is 6.87. The molecule has 0 atom stereocenters. The van der Waals surface area contributed by atoms with Crippen LogP contribution in [0, 0.1) is 0 Å². The Morgan fingerprint density at radius 2 is 2.03 bits per heavy atom. The molecule has 156 valence electrons. The molecule has 2 heterocycles. The topological polar surface area (TPSA) is 67.4 Å². The molecule has 2 aliphatic heterocycles. The van der Waals surface area contributed by atoms with Gasteiger partial charge in [-0.2, -0.15) is 13.2 Å². The number of alkyl halides is 3. The van der Waals surface area contributed by atoms with Crippen LogP contribution in [-0.2, 0) is 15.8 Å². The van der Waals surface area contributed by atoms with Crippen molar-refractivity contribution in [2.75, 3.05) is 23.0 Å². The Hall–Kier alpha value is -2.94. The van der Waals surface area contributed by atoms with Crippen LogP contribution in [0.5, 0.6) is 5.75 Å². The van der Waals surface area contributed by atoms with Gasteiger partial charge in [0.2, 0.25) is 11.8 Å². The predicted octanol–water partition coefficient (Wildman–Crippen LogP) is 4.94. The van der Waals surface area contributed by atoms with E-state index in [2.05, 4.69) is 10.6 Å². The summed E-state index contributed by atoms with van der Waals surface area (Å²) >= 11 is 1.42. The van der Waals surface area contributed by atoms with Crippen LogP contribution in [0.3, 0.4) is 0 Å². The van der Waals surface area contributed by atoms with Gasteiger partial charge in [0.05, 0.1) is 23.6 Å². The molecule has 2 aromatic carbocycles. The van der Waals surface area contributed by atoms with E-state index in [1.807, 2.05) is 6.07 Å². The molecule has 0 saturated carbocycles. The largest absolute Gasteiger partial charge is 0.493 e. The first-order valence-electron chi connectivity index (χ1n) is 9.22. The first kappa shape index (κ1) is 20.3. The van der Waals surface area contributed by atoms with Crippen molar-refractivity contribution in [1.82, 2.24) is 0 Å². The summed E-state index contributed by atoms with van der Waals surface area (Å²) in [5, 5.41) is 5.50. The number of benzene rings is 2. The number of anilines is 2. The fourth-order valence-electron chi connectivity index (χ4n) is 3.31. The Morgan fingerprint density at radius 1 is 1.20 bits per heavy atom. The van der Waals surface area contributed by atoms with Gasteiger partial charge in [-0.25, -0.2) is 0 Å². The van der Waals surface area contributed by atoms with Crippen molar-refractivity contribution in [3.63, 3.8) is 0 Å². The molecule has 0 bridgehead atoms. The van der Waals surface area contributed by atoms with Gasteiger partial charge in [-0.05, 0) is 48.7 Å². The summed E-state index contributed by atoms with van der Waals surface area (Å²) in [5.41, 5.74) is 1.44. The lowest BCUT2D eigenvalue weighted by Crippen LogP contribution is -2.19. The van der Waals surface area contributed by atoms with E-state index in [0.717, 1.165) is 17.0 Å². The highest BCUT2D eigenvalue weighted by atomic mass is 32.2. The van der Waals surface area contributed by atoms with E-state index in [4.69, 9.17) is 4.74 Å². The van der Waals surface area contributed by atoms with Crippen LogP contribution in [0.25, 0.3) is 5.57 Å². The Kier molecular flexibility index (Phi) is 5.46. The monoisotopic (exact) mass is 434 g/mol. The molecule has 0 radical (unpaired) electrons. The van der Waals surface area contributed by atoms with E-state index in [0.29, 0.717) is 41.1 Å². The van der Waals surface area contributed by atoms with E-state index < -0.39 is 17.6 Å². The van der Waals surface area contributed by atoms with Crippen molar-refractivity contribution < 1.29 is 27.5 Å². The van der Waals surface area contributed by atoms with Crippen LogP contribution in [0.4, 0.5) is 24.5 Å². The van der Waals surface area contributed by atoms with Gasteiger partial charge >= 0.3 is 6.18 Å². The Morgan fingerprint density at radius 3 is 2.83 bits per heavy atom. The van der Waals surface area contributed by atoms with E-state index in [1.165, 1.54) is 23.9 Å². The first-order valence-corrected chi connectivity index (χ1v) is 10.2. The molecular weight excluding hydrogens is 417 g/mol. The zero-order chi connectivity index (χ0) is 21.3.